The van der Waals surface area contributed by atoms with E-state index in [2.05, 4.69) is 26.0 Å². The second kappa shape index (κ2) is 4.82. The van der Waals surface area contributed by atoms with Gasteiger partial charge in [0, 0.05) is 12.0 Å². The topological polar surface area (TPSA) is 17.1 Å². The van der Waals surface area contributed by atoms with Crippen LogP contribution in [-0.4, -0.2) is 5.78 Å². The summed E-state index contributed by atoms with van der Waals surface area (Å²) in [6.07, 6.45) is 4.59. The number of carbonyl (C=O) groups is 1. The lowest BCUT2D eigenvalue weighted by Crippen LogP contribution is -2.10. The Bertz CT molecular complexity index is 375. The molecule has 0 aromatic heterocycles. The molecule has 0 aliphatic heterocycles. The van der Waals surface area contributed by atoms with Crippen molar-refractivity contribution in [3.05, 3.63) is 35.4 Å². The first-order valence-corrected chi connectivity index (χ1v) is 6.30. The van der Waals surface area contributed by atoms with Crippen LogP contribution >= 0.6 is 0 Å². The number of rotatable bonds is 4. The molecule has 2 rings (SSSR count). The van der Waals surface area contributed by atoms with Crippen molar-refractivity contribution in [2.75, 3.05) is 0 Å². The van der Waals surface area contributed by atoms with Crippen LogP contribution in [0.2, 0.25) is 0 Å². The summed E-state index contributed by atoms with van der Waals surface area (Å²) in [5, 5.41) is 0. The van der Waals surface area contributed by atoms with Crippen LogP contribution < -0.4 is 0 Å². The summed E-state index contributed by atoms with van der Waals surface area (Å²) >= 11 is 0. The Hall–Kier alpha value is -1.11. The average molecular weight is 216 g/mol. The van der Waals surface area contributed by atoms with Gasteiger partial charge in [-0.3, -0.25) is 4.79 Å². The van der Waals surface area contributed by atoms with E-state index in [4.69, 9.17) is 0 Å². The summed E-state index contributed by atoms with van der Waals surface area (Å²) in [5.41, 5.74) is 2.26. The Kier molecular flexibility index (Phi) is 3.42. The molecule has 0 heterocycles. The van der Waals surface area contributed by atoms with Crippen molar-refractivity contribution in [3.8, 4) is 0 Å². The molecule has 1 aliphatic carbocycles. The maximum absolute atomic E-state index is 11.9. The Labute approximate surface area is 97.9 Å². The number of ketones is 1. The molecule has 0 unspecified atom stereocenters. The Morgan fingerprint density at radius 2 is 2.12 bits per heavy atom. The van der Waals surface area contributed by atoms with Crippen molar-refractivity contribution in [1.29, 1.82) is 0 Å². The van der Waals surface area contributed by atoms with Gasteiger partial charge in [-0.1, -0.05) is 38.5 Å². The Morgan fingerprint density at radius 1 is 1.38 bits per heavy atom. The summed E-state index contributed by atoms with van der Waals surface area (Å²) in [6, 6.07) is 8.25. The standard InChI is InChI=1S/C15H20O/c1-11(2)9-15(16)14-8-4-7-13(10-14)12-5-3-6-12/h4,7-8,10-12H,3,5-6,9H2,1-2H3. The van der Waals surface area contributed by atoms with Crippen LogP contribution in [0.15, 0.2) is 24.3 Å². The molecular weight excluding hydrogens is 196 g/mol. The maximum Gasteiger partial charge on any atom is 0.163 e. The van der Waals surface area contributed by atoms with Crippen LogP contribution in [-0.2, 0) is 0 Å². The van der Waals surface area contributed by atoms with Gasteiger partial charge in [0.15, 0.2) is 5.78 Å². The maximum atomic E-state index is 11.9. The van der Waals surface area contributed by atoms with Crippen LogP contribution in [0, 0.1) is 5.92 Å². The lowest BCUT2D eigenvalue weighted by molar-refractivity contribution is 0.0967. The third-order valence-corrected chi connectivity index (χ3v) is 3.38. The number of benzene rings is 1. The molecule has 0 radical (unpaired) electrons. The fraction of sp³-hybridized carbons (Fsp3) is 0.533. The van der Waals surface area contributed by atoms with Crippen LogP contribution in [0.3, 0.4) is 0 Å². The minimum Gasteiger partial charge on any atom is -0.294 e. The van der Waals surface area contributed by atoms with E-state index in [0.29, 0.717) is 18.3 Å². The minimum atomic E-state index is 0.288. The lowest BCUT2D eigenvalue weighted by Gasteiger charge is -2.26. The smallest absolute Gasteiger partial charge is 0.163 e. The molecule has 0 bridgehead atoms. The fourth-order valence-corrected chi connectivity index (χ4v) is 2.20. The van der Waals surface area contributed by atoms with Crippen molar-refractivity contribution in [2.24, 2.45) is 5.92 Å². The molecule has 1 aliphatic rings. The normalized spacial score (nSPS) is 16.2. The molecule has 1 saturated carbocycles. The molecule has 16 heavy (non-hydrogen) atoms. The molecule has 0 saturated heterocycles. The SMILES string of the molecule is CC(C)CC(=O)c1cccc(C2CCC2)c1. The lowest BCUT2D eigenvalue weighted by atomic mass is 9.79. The molecule has 1 nitrogen and oxygen atoms in total. The van der Waals surface area contributed by atoms with E-state index in [9.17, 15) is 4.79 Å². The molecule has 0 amide bonds. The molecular formula is C15H20O. The van der Waals surface area contributed by atoms with Crippen LogP contribution in [0.1, 0.15) is 61.4 Å². The van der Waals surface area contributed by atoms with Crippen LogP contribution in [0.5, 0.6) is 0 Å². The Morgan fingerprint density at radius 3 is 2.69 bits per heavy atom. The molecule has 1 aromatic rings. The molecule has 86 valence electrons. The summed E-state index contributed by atoms with van der Waals surface area (Å²) in [7, 11) is 0. The summed E-state index contributed by atoms with van der Waals surface area (Å²) in [5.74, 6) is 1.45. The largest absolute Gasteiger partial charge is 0.294 e. The van der Waals surface area contributed by atoms with E-state index < -0.39 is 0 Å². The number of hydrogen-bond donors (Lipinski definition) is 0. The molecule has 1 fully saturated rings. The monoisotopic (exact) mass is 216 g/mol. The zero-order valence-corrected chi connectivity index (χ0v) is 10.2. The average Bonchev–Trinajstić information content (AvgIpc) is 2.14. The first-order chi connectivity index (χ1) is 7.66. The van der Waals surface area contributed by atoms with Gasteiger partial charge < -0.3 is 0 Å². The van der Waals surface area contributed by atoms with Gasteiger partial charge in [-0.25, -0.2) is 0 Å². The highest BCUT2D eigenvalue weighted by Crippen LogP contribution is 2.36. The fourth-order valence-electron chi connectivity index (χ4n) is 2.20. The van der Waals surface area contributed by atoms with Gasteiger partial charge in [-0.05, 0) is 36.3 Å². The Balaban J connectivity index is 2.11. The van der Waals surface area contributed by atoms with Gasteiger partial charge in [0.1, 0.15) is 0 Å². The van der Waals surface area contributed by atoms with E-state index >= 15 is 0 Å². The number of hydrogen-bond acceptors (Lipinski definition) is 1. The first-order valence-electron chi connectivity index (χ1n) is 6.30. The van der Waals surface area contributed by atoms with E-state index in [1.807, 2.05) is 12.1 Å². The van der Waals surface area contributed by atoms with Crippen molar-refractivity contribution >= 4 is 5.78 Å². The number of Topliss-reactive ketones (excluding diaryl/α,β-unsaturated/α-hetero) is 1. The zero-order chi connectivity index (χ0) is 11.5. The second-order valence-corrected chi connectivity index (χ2v) is 5.27. The molecule has 0 atom stereocenters. The first kappa shape index (κ1) is 11.4. The highest BCUT2D eigenvalue weighted by molar-refractivity contribution is 5.96. The molecule has 1 heteroatoms. The third-order valence-electron chi connectivity index (χ3n) is 3.38. The summed E-state index contributed by atoms with van der Waals surface area (Å²) < 4.78 is 0. The van der Waals surface area contributed by atoms with E-state index in [-0.39, 0.29) is 5.78 Å². The van der Waals surface area contributed by atoms with E-state index in [0.717, 1.165) is 5.56 Å². The van der Waals surface area contributed by atoms with Gasteiger partial charge in [-0.15, -0.1) is 0 Å². The quantitative estimate of drug-likeness (QED) is 0.690. The summed E-state index contributed by atoms with van der Waals surface area (Å²) in [6.45, 7) is 4.18. The third kappa shape index (κ3) is 2.52. The van der Waals surface area contributed by atoms with Gasteiger partial charge in [0.05, 0.1) is 0 Å². The van der Waals surface area contributed by atoms with Gasteiger partial charge in [0.25, 0.3) is 0 Å². The van der Waals surface area contributed by atoms with E-state index in [1.165, 1.54) is 24.8 Å². The van der Waals surface area contributed by atoms with Crippen molar-refractivity contribution in [1.82, 2.24) is 0 Å². The zero-order valence-electron chi connectivity index (χ0n) is 10.2. The predicted octanol–water partition coefficient (Wildman–Crippen LogP) is 4.18. The second-order valence-electron chi connectivity index (χ2n) is 5.27. The van der Waals surface area contributed by atoms with E-state index in [1.54, 1.807) is 0 Å². The molecule has 1 aromatic carbocycles. The highest BCUT2D eigenvalue weighted by Gasteiger charge is 2.20. The van der Waals surface area contributed by atoms with Crippen molar-refractivity contribution in [2.45, 2.75) is 45.4 Å². The van der Waals surface area contributed by atoms with Crippen molar-refractivity contribution < 1.29 is 4.79 Å². The summed E-state index contributed by atoms with van der Waals surface area (Å²) in [4.78, 5) is 11.9. The number of carbonyl (C=O) groups excluding carboxylic acids is 1. The van der Waals surface area contributed by atoms with Gasteiger partial charge in [0.2, 0.25) is 0 Å². The van der Waals surface area contributed by atoms with Gasteiger partial charge >= 0.3 is 0 Å². The van der Waals surface area contributed by atoms with Crippen LogP contribution in [0.4, 0.5) is 0 Å². The van der Waals surface area contributed by atoms with Crippen LogP contribution in [0.25, 0.3) is 0 Å². The van der Waals surface area contributed by atoms with Crippen molar-refractivity contribution in [3.63, 3.8) is 0 Å². The van der Waals surface area contributed by atoms with Gasteiger partial charge in [-0.2, -0.15) is 0 Å². The minimum absolute atomic E-state index is 0.288. The highest BCUT2D eigenvalue weighted by atomic mass is 16.1. The predicted molar refractivity (Wildman–Crippen MR) is 66.8 cm³/mol. The molecule has 0 spiro atoms. The molecule has 0 N–H and O–H groups in total.